The molecule has 0 spiro atoms. The average molecular weight is 255 g/mol. The molecular weight excluding hydrogens is 234 g/mol. The van der Waals surface area contributed by atoms with Crippen LogP contribution in [0, 0.1) is 13.8 Å². The number of nitrogens with zero attached hydrogens (tertiary/aromatic N) is 2. The number of hydrogen-bond acceptors (Lipinski definition) is 3. The second kappa shape index (κ2) is 5.93. The molecule has 0 saturated heterocycles. The average Bonchev–Trinajstić information content (AvgIpc) is 2.39. The maximum absolute atomic E-state index is 4.34. The Bertz CT molecular complexity index is 537. The van der Waals surface area contributed by atoms with Crippen molar-refractivity contribution in [1.82, 2.24) is 15.3 Å². The maximum atomic E-state index is 4.34. The number of rotatable bonds is 4. The molecule has 2 aromatic rings. The van der Waals surface area contributed by atoms with Crippen molar-refractivity contribution in [2.45, 2.75) is 39.8 Å². The number of hydrogen-bond donors (Lipinski definition) is 1. The van der Waals surface area contributed by atoms with Gasteiger partial charge in [-0.25, -0.2) is 0 Å². The van der Waals surface area contributed by atoms with Gasteiger partial charge in [0.25, 0.3) is 0 Å². The summed E-state index contributed by atoms with van der Waals surface area (Å²) in [5, 5.41) is 3.57. The van der Waals surface area contributed by atoms with Crippen LogP contribution in [0.5, 0.6) is 0 Å². The normalized spacial score (nSPS) is 14.1. The summed E-state index contributed by atoms with van der Waals surface area (Å²) in [6, 6.07) is 7.06. The lowest BCUT2D eigenvalue weighted by atomic mass is 9.99. The van der Waals surface area contributed by atoms with E-state index in [2.05, 4.69) is 61.2 Å². The van der Waals surface area contributed by atoms with Gasteiger partial charge in [-0.15, -0.1) is 0 Å². The Kier molecular flexibility index (Phi) is 4.27. The van der Waals surface area contributed by atoms with Crippen LogP contribution in [-0.4, -0.2) is 9.97 Å². The van der Waals surface area contributed by atoms with Gasteiger partial charge in [0, 0.05) is 30.7 Å². The summed E-state index contributed by atoms with van der Waals surface area (Å²) < 4.78 is 0. The van der Waals surface area contributed by atoms with Crippen molar-refractivity contribution in [2.24, 2.45) is 0 Å². The van der Waals surface area contributed by atoms with E-state index < -0.39 is 0 Å². The molecule has 0 aliphatic carbocycles. The highest BCUT2D eigenvalue weighted by molar-refractivity contribution is 5.32. The topological polar surface area (TPSA) is 37.8 Å². The van der Waals surface area contributed by atoms with Gasteiger partial charge in [-0.2, -0.15) is 0 Å². The Labute approximate surface area is 115 Å². The van der Waals surface area contributed by atoms with E-state index in [0.717, 1.165) is 5.69 Å². The first-order chi connectivity index (χ1) is 9.08. The van der Waals surface area contributed by atoms with E-state index in [0.29, 0.717) is 0 Å². The molecule has 0 aliphatic rings. The molecule has 0 fully saturated rings. The molecular formula is C16H21N3. The molecule has 1 aromatic heterocycles. The lowest BCUT2D eigenvalue weighted by Gasteiger charge is -2.21. The van der Waals surface area contributed by atoms with Crippen molar-refractivity contribution < 1.29 is 0 Å². The van der Waals surface area contributed by atoms with Crippen LogP contribution in [0.2, 0.25) is 0 Å². The molecule has 0 saturated carbocycles. The molecule has 1 N–H and O–H groups in total. The van der Waals surface area contributed by atoms with Crippen molar-refractivity contribution in [3.8, 4) is 0 Å². The molecule has 0 amide bonds. The Morgan fingerprint density at radius 3 is 2.47 bits per heavy atom. The largest absolute Gasteiger partial charge is 0.302 e. The molecule has 3 nitrogen and oxygen atoms in total. The Balaban J connectivity index is 2.10. The molecule has 0 radical (unpaired) electrons. The summed E-state index contributed by atoms with van der Waals surface area (Å²) in [4.78, 5) is 8.45. The summed E-state index contributed by atoms with van der Waals surface area (Å²) in [7, 11) is 0. The minimum Gasteiger partial charge on any atom is -0.302 e. The standard InChI is InChI=1S/C16H21N3/c1-11-5-6-15(12(2)9-11)13(3)19-14(4)16-10-17-7-8-18-16/h5-10,13-14,19H,1-4H3. The first-order valence-corrected chi connectivity index (χ1v) is 6.67. The first kappa shape index (κ1) is 13.7. The zero-order valence-corrected chi connectivity index (χ0v) is 12.0. The summed E-state index contributed by atoms with van der Waals surface area (Å²) >= 11 is 0. The minimum atomic E-state index is 0.185. The Morgan fingerprint density at radius 2 is 1.84 bits per heavy atom. The molecule has 2 atom stereocenters. The summed E-state index contributed by atoms with van der Waals surface area (Å²) in [5.41, 5.74) is 4.93. The smallest absolute Gasteiger partial charge is 0.0753 e. The van der Waals surface area contributed by atoms with Gasteiger partial charge in [-0.05, 0) is 38.8 Å². The second-order valence-corrected chi connectivity index (χ2v) is 5.10. The van der Waals surface area contributed by atoms with Crippen LogP contribution in [0.3, 0.4) is 0 Å². The first-order valence-electron chi connectivity index (χ1n) is 6.67. The van der Waals surface area contributed by atoms with Crippen LogP contribution < -0.4 is 5.32 Å². The lowest BCUT2D eigenvalue weighted by Crippen LogP contribution is -2.23. The predicted octanol–water partition coefficient (Wildman–Crippen LogP) is 3.51. The van der Waals surface area contributed by atoms with Crippen LogP contribution in [0.4, 0.5) is 0 Å². The zero-order valence-electron chi connectivity index (χ0n) is 12.0. The molecule has 0 bridgehead atoms. The minimum absolute atomic E-state index is 0.185. The summed E-state index contributed by atoms with van der Waals surface area (Å²) in [6.45, 7) is 8.58. The van der Waals surface area contributed by atoms with Gasteiger partial charge in [-0.1, -0.05) is 23.8 Å². The highest BCUT2D eigenvalue weighted by Gasteiger charge is 2.13. The van der Waals surface area contributed by atoms with E-state index in [-0.39, 0.29) is 12.1 Å². The summed E-state index contributed by atoms with van der Waals surface area (Å²) in [5.74, 6) is 0. The van der Waals surface area contributed by atoms with Crippen molar-refractivity contribution in [3.63, 3.8) is 0 Å². The highest BCUT2D eigenvalue weighted by Crippen LogP contribution is 2.21. The maximum Gasteiger partial charge on any atom is 0.0753 e. The van der Waals surface area contributed by atoms with E-state index >= 15 is 0 Å². The van der Waals surface area contributed by atoms with Gasteiger partial charge in [-0.3, -0.25) is 9.97 Å². The number of benzene rings is 1. The molecule has 1 aromatic carbocycles. The van der Waals surface area contributed by atoms with Gasteiger partial charge in [0.2, 0.25) is 0 Å². The lowest BCUT2D eigenvalue weighted by molar-refractivity contribution is 0.483. The van der Waals surface area contributed by atoms with Crippen LogP contribution in [-0.2, 0) is 0 Å². The number of nitrogens with one attached hydrogen (secondary N) is 1. The molecule has 2 unspecified atom stereocenters. The van der Waals surface area contributed by atoms with Gasteiger partial charge >= 0.3 is 0 Å². The van der Waals surface area contributed by atoms with Crippen molar-refractivity contribution in [2.75, 3.05) is 0 Å². The van der Waals surface area contributed by atoms with Gasteiger partial charge in [0.15, 0.2) is 0 Å². The van der Waals surface area contributed by atoms with Gasteiger partial charge in [0.05, 0.1) is 5.69 Å². The van der Waals surface area contributed by atoms with Crippen LogP contribution in [0.15, 0.2) is 36.8 Å². The molecule has 1 heterocycles. The fourth-order valence-corrected chi connectivity index (χ4v) is 2.40. The quantitative estimate of drug-likeness (QED) is 0.908. The molecule has 19 heavy (non-hydrogen) atoms. The summed E-state index contributed by atoms with van der Waals surface area (Å²) in [6.07, 6.45) is 5.24. The SMILES string of the molecule is Cc1ccc(C(C)NC(C)c2cnccn2)c(C)c1. The Morgan fingerprint density at radius 1 is 1.05 bits per heavy atom. The fraction of sp³-hybridized carbons (Fsp3) is 0.375. The van der Waals surface area contributed by atoms with Crippen molar-refractivity contribution in [1.29, 1.82) is 0 Å². The molecule has 0 aliphatic heterocycles. The fourth-order valence-electron chi connectivity index (χ4n) is 2.40. The molecule has 100 valence electrons. The third-order valence-electron chi connectivity index (χ3n) is 3.42. The highest BCUT2D eigenvalue weighted by atomic mass is 15.0. The number of aromatic nitrogens is 2. The van der Waals surface area contributed by atoms with E-state index in [1.807, 2.05) is 6.20 Å². The molecule has 3 heteroatoms. The van der Waals surface area contributed by atoms with Crippen LogP contribution >= 0.6 is 0 Å². The van der Waals surface area contributed by atoms with E-state index in [4.69, 9.17) is 0 Å². The van der Waals surface area contributed by atoms with E-state index in [1.165, 1.54) is 16.7 Å². The van der Waals surface area contributed by atoms with Crippen molar-refractivity contribution >= 4 is 0 Å². The van der Waals surface area contributed by atoms with Gasteiger partial charge in [0.1, 0.15) is 0 Å². The van der Waals surface area contributed by atoms with Crippen molar-refractivity contribution in [3.05, 3.63) is 59.2 Å². The van der Waals surface area contributed by atoms with Crippen LogP contribution in [0.25, 0.3) is 0 Å². The third kappa shape index (κ3) is 3.38. The monoisotopic (exact) mass is 255 g/mol. The second-order valence-electron chi connectivity index (χ2n) is 5.10. The number of aryl methyl sites for hydroxylation is 2. The molecule has 2 rings (SSSR count). The Hall–Kier alpha value is -1.74. The van der Waals surface area contributed by atoms with Gasteiger partial charge < -0.3 is 5.32 Å². The van der Waals surface area contributed by atoms with Crippen LogP contribution in [0.1, 0.15) is 48.3 Å². The zero-order chi connectivity index (χ0) is 13.8. The van der Waals surface area contributed by atoms with E-state index in [1.54, 1.807) is 12.4 Å². The predicted molar refractivity (Wildman–Crippen MR) is 77.9 cm³/mol. The van der Waals surface area contributed by atoms with E-state index in [9.17, 15) is 0 Å². The third-order valence-corrected chi connectivity index (χ3v) is 3.42.